The molecule has 1 amide bonds. The van der Waals surface area contributed by atoms with Crippen LogP contribution in [0.5, 0.6) is 0 Å². The first-order valence-electron chi connectivity index (χ1n) is 25.8. The van der Waals surface area contributed by atoms with Gasteiger partial charge in [-0.15, -0.1) is 0 Å². The molecule has 0 aromatic carbocycles. The van der Waals surface area contributed by atoms with Crippen LogP contribution in [0.15, 0.2) is 0 Å². The van der Waals surface area contributed by atoms with Gasteiger partial charge in [-0.1, -0.05) is 277 Å². The van der Waals surface area contributed by atoms with Crippen LogP contribution in [0.1, 0.15) is 296 Å². The fraction of sp³-hybridized carbons (Fsp3) is 0.980. The van der Waals surface area contributed by atoms with Crippen molar-refractivity contribution in [2.24, 2.45) is 0 Å². The standard InChI is InChI=1S/C51H103NO4/c1-3-5-7-9-11-13-15-17-18-19-20-21-22-23-24-25-26-27-28-29-30-31-32-33-34-36-38-40-42-44-46-50(55)52-48(47-53)51(56)49(54)45-43-41-39-37-35-16-14-12-10-8-6-4-2/h48-49,51,53-54,56H,3-47H2,1-2H3,(H,52,55). The van der Waals surface area contributed by atoms with Crippen molar-refractivity contribution < 1.29 is 20.1 Å². The van der Waals surface area contributed by atoms with Gasteiger partial charge < -0.3 is 20.6 Å². The molecule has 5 heteroatoms. The van der Waals surface area contributed by atoms with Gasteiger partial charge in [0.05, 0.1) is 18.8 Å². The molecule has 0 bridgehead atoms. The number of nitrogens with one attached hydrogen (secondary N) is 1. The molecule has 0 aliphatic carbocycles. The summed E-state index contributed by atoms with van der Waals surface area (Å²) in [5.41, 5.74) is 0. The Hall–Kier alpha value is -0.650. The van der Waals surface area contributed by atoms with Gasteiger partial charge in [-0.05, 0) is 12.8 Å². The number of hydrogen-bond acceptors (Lipinski definition) is 4. The maximum absolute atomic E-state index is 12.5. The second-order valence-electron chi connectivity index (χ2n) is 18.1. The maximum Gasteiger partial charge on any atom is 0.220 e. The van der Waals surface area contributed by atoms with Crippen molar-refractivity contribution in [3.05, 3.63) is 0 Å². The molecule has 0 heterocycles. The number of unbranched alkanes of at least 4 members (excludes halogenated alkanes) is 40. The lowest BCUT2D eigenvalue weighted by Gasteiger charge is -2.26. The Labute approximate surface area is 351 Å². The van der Waals surface area contributed by atoms with E-state index in [1.165, 1.54) is 238 Å². The molecule has 0 spiro atoms. The van der Waals surface area contributed by atoms with E-state index in [0.29, 0.717) is 12.8 Å². The molecule has 3 atom stereocenters. The van der Waals surface area contributed by atoms with Crippen LogP contribution in [0.2, 0.25) is 0 Å². The summed E-state index contributed by atoms with van der Waals surface area (Å²) in [7, 11) is 0. The molecule has 0 radical (unpaired) electrons. The molecule has 0 fully saturated rings. The number of hydrogen-bond donors (Lipinski definition) is 4. The molecule has 0 aromatic heterocycles. The Bertz CT molecular complexity index is 747. The van der Waals surface area contributed by atoms with E-state index in [1.807, 2.05) is 0 Å². The lowest BCUT2D eigenvalue weighted by atomic mass is 9.99. The zero-order valence-electron chi connectivity index (χ0n) is 38.3. The van der Waals surface area contributed by atoms with Crippen molar-refractivity contribution in [2.75, 3.05) is 6.61 Å². The zero-order valence-corrected chi connectivity index (χ0v) is 38.3. The predicted molar refractivity (Wildman–Crippen MR) is 246 cm³/mol. The van der Waals surface area contributed by atoms with Crippen LogP contribution in [0, 0.1) is 0 Å². The second kappa shape index (κ2) is 47.0. The summed E-state index contributed by atoms with van der Waals surface area (Å²) in [6, 6.07) is -0.802. The monoisotopic (exact) mass is 794 g/mol. The molecule has 0 rings (SSSR count). The van der Waals surface area contributed by atoms with Crippen LogP contribution in [-0.4, -0.2) is 46.1 Å². The second-order valence-corrected chi connectivity index (χ2v) is 18.1. The van der Waals surface area contributed by atoms with E-state index >= 15 is 0 Å². The summed E-state index contributed by atoms with van der Waals surface area (Å²) in [5, 5.41) is 33.6. The van der Waals surface area contributed by atoms with Gasteiger partial charge in [-0.3, -0.25) is 4.79 Å². The SMILES string of the molecule is CCCCCCCCCCCCCCCCCCCCCCCCCCCCCCCCC(=O)NC(CO)C(O)C(O)CCCCCCCCCCCCCC. The highest BCUT2D eigenvalue weighted by molar-refractivity contribution is 5.76. The van der Waals surface area contributed by atoms with Crippen LogP contribution < -0.4 is 5.32 Å². The van der Waals surface area contributed by atoms with Gasteiger partial charge in [0, 0.05) is 6.42 Å². The Kier molecular flexibility index (Phi) is 46.5. The van der Waals surface area contributed by atoms with E-state index in [-0.39, 0.29) is 12.5 Å². The highest BCUT2D eigenvalue weighted by Crippen LogP contribution is 2.18. The molecule has 56 heavy (non-hydrogen) atoms. The molecule has 0 aliphatic rings. The zero-order chi connectivity index (χ0) is 40.8. The van der Waals surface area contributed by atoms with Gasteiger partial charge in [0.25, 0.3) is 0 Å². The number of aliphatic hydroxyl groups is 3. The molecule has 3 unspecified atom stereocenters. The van der Waals surface area contributed by atoms with E-state index in [2.05, 4.69) is 19.2 Å². The maximum atomic E-state index is 12.5. The van der Waals surface area contributed by atoms with Crippen LogP contribution in [0.4, 0.5) is 0 Å². The lowest BCUT2D eigenvalue weighted by Crippen LogP contribution is -2.50. The van der Waals surface area contributed by atoms with Crippen molar-refractivity contribution in [2.45, 2.75) is 315 Å². The summed E-state index contributed by atoms with van der Waals surface area (Å²) >= 11 is 0. The molecular formula is C51H103NO4. The largest absolute Gasteiger partial charge is 0.394 e. The molecule has 0 aromatic rings. The quantitative estimate of drug-likeness (QED) is 0.0462. The topological polar surface area (TPSA) is 89.8 Å². The number of aliphatic hydroxyl groups excluding tert-OH is 3. The third-order valence-corrected chi connectivity index (χ3v) is 12.5. The van der Waals surface area contributed by atoms with Crippen molar-refractivity contribution in [1.82, 2.24) is 5.32 Å². The average Bonchev–Trinajstić information content (AvgIpc) is 3.20. The number of carbonyl (C=O) groups is 1. The number of rotatable bonds is 48. The van der Waals surface area contributed by atoms with Crippen molar-refractivity contribution in [1.29, 1.82) is 0 Å². The Morgan fingerprint density at radius 3 is 0.857 bits per heavy atom. The molecule has 5 nitrogen and oxygen atoms in total. The first kappa shape index (κ1) is 55.4. The summed E-state index contributed by atoms with van der Waals surface area (Å²) in [5.74, 6) is -0.138. The van der Waals surface area contributed by atoms with Crippen molar-refractivity contribution in [3.63, 3.8) is 0 Å². The van der Waals surface area contributed by atoms with E-state index in [4.69, 9.17) is 0 Å². The lowest BCUT2D eigenvalue weighted by molar-refractivity contribution is -0.124. The molecule has 0 saturated carbocycles. The average molecular weight is 794 g/mol. The smallest absolute Gasteiger partial charge is 0.220 e. The minimum atomic E-state index is -1.13. The van der Waals surface area contributed by atoms with E-state index in [9.17, 15) is 20.1 Å². The van der Waals surface area contributed by atoms with Gasteiger partial charge in [0.2, 0.25) is 5.91 Å². The summed E-state index contributed by atoms with van der Waals surface area (Å²) in [6.45, 7) is 4.20. The van der Waals surface area contributed by atoms with Crippen LogP contribution >= 0.6 is 0 Å². The van der Waals surface area contributed by atoms with Crippen LogP contribution in [0.25, 0.3) is 0 Å². The third-order valence-electron chi connectivity index (χ3n) is 12.5. The van der Waals surface area contributed by atoms with Gasteiger partial charge in [-0.25, -0.2) is 0 Å². The summed E-state index contributed by atoms with van der Waals surface area (Å²) < 4.78 is 0. The molecule has 336 valence electrons. The van der Waals surface area contributed by atoms with Crippen LogP contribution in [0.3, 0.4) is 0 Å². The molecule has 4 N–H and O–H groups in total. The fourth-order valence-electron chi connectivity index (χ4n) is 8.46. The first-order chi connectivity index (χ1) is 27.6. The minimum absolute atomic E-state index is 0.138. The van der Waals surface area contributed by atoms with Gasteiger partial charge in [0.15, 0.2) is 0 Å². The fourth-order valence-corrected chi connectivity index (χ4v) is 8.46. The van der Waals surface area contributed by atoms with E-state index in [1.54, 1.807) is 0 Å². The summed E-state index contributed by atoms with van der Waals surface area (Å²) in [4.78, 5) is 12.5. The van der Waals surface area contributed by atoms with Gasteiger partial charge >= 0.3 is 0 Å². The molecular weight excluding hydrogens is 691 g/mol. The normalized spacial score (nSPS) is 13.3. The van der Waals surface area contributed by atoms with E-state index in [0.717, 1.165) is 32.1 Å². The number of carbonyl (C=O) groups excluding carboxylic acids is 1. The predicted octanol–water partition coefficient (Wildman–Crippen LogP) is 15.4. The number of amides is 1. The Morgan fingerprint density at radius 1 is 0.375 bits per heavy atom. The first-order valence-corrected chi connectivity index (χ1v) is 25.8. The van der Waals surface area contributed by atoms with Gasteiger partial charge in [-0.2, -0.15) is 0 Å². The Balaban J connectivity index is 3.44. The van der Waals surface area contributed by atoms with E-state index < -0.39 is 18.2 Å². The molecule has 0 aliphatic heterocycles. The van der Waals surface area contributed by atoms with Crippen molar-refractivity contribution in [3.8, 4) is 0 Å². The summed E-state index contributed by atoms with van der Waals surface area (Å²) in [6.07, 6.45) is 55.4. The highest BCUT2D eigenvalue weighted by Gasteiger charge is 2.26. The highest BCUT2D eigenvalue weighted by atomic mass is 16.3. The van der Waals surface area contributed by atoms with Crippen LogP contribution in [-0.2, 0) is 4.79 Å². The molecule has 0 saturated heterocycles. The Morgan fingerprint density at radius 2 is 0.607 bits per heavy atom. The minimum Gasteiger partial charge on any atom is -0.394 e. The van der Waals surface area contributed by atoms with Gasteiger partial charge in [0.1, 0.15) is 6.10 Å². The van der Waals surface area contributed by atoms with Crippen molar-refractivity contribution >= 4 is 5.91 Å². The third kappa shape index (κ3) is 41.5.